The molecule has 0 bridgehead atoms. The zero-order valence-corrected chi connectivity index (χ0v) is 19.0. The summed E-state index contributed by atoms with van der Waals surface area (Å²) in [4.78, 5) is 14.6. The summed E-state index contributed by atoms with van der Waals surface area (Å²) in [5.74, 6) is 0.885. The summed E-state index contributed by atoms with van der Waals surface area (Å²) in [6.07, 6.45) is 0.757. The number of nitrogens with one attached hydrogen (secondary N) is 1. The van der Waals surface area contributed by atoms with Crippen LogP contribution >= 0.6 is 0 Å². The molecule has 1 saturated heterocycles. The number of sulfonamides is 1. The Bertz CT molecular complexity index is 951. The molecule has 1 amide bonds. The van der Waals surface area contributed by atoms with Crippen LogP contribution in [0, 0.1) is 0 Å². The van der Waals surface area contributed by atoms with Gasteiger partial charge in [-0.05, 0) is 48.7 Å². The van der Waals surface area contributed by atoms with Crippen LogP contribution in [0.15, 0.2) is 48.5 Å². The molecule has 1 heterocycles. The van der Waals surface area contributed by atoms with E-state index in [1.807, 2.05) is 48.5 Å². The largest absolute Gasteiger partial charge is 0.497 e. The van der Waals surface area contributed by atoms with Crippen molar-refractivity contribution in [3.05, 3.63) is 65.2 Å². The smallest absolute Gasteiger partial charge is 0.251 e. The number of nitrogens with zero attached hydrogens (tertiary/aromatic N) is 2. The molecule has 168 valence electrons. The van der Waals surface area contributed by atoms with E-state index in [0.29, 0.717) is 38.3 Å². The van der Waals surface area contributed by atoms with Gasteiger partial charge in [0.15, 0.2) is 0 Å². The van der Waals surface area contributed by atoms with Crippen LogP contribution in [0.25, 0.3) is 0 Å². The minimum Gasteiger partial charge on any atom is -0.497 e. The number of carbonyl (C=O) groups is 1. The van der Waals surface area contributed by atoms with Crippen LogP contribution in [0.2, 0.25) is 0 Å². The van der Waals surface area contributed by atoms with Crippen LogP contribution in [0.3, 0.4) is 0 Å². The quantitative estimate of drug-likeness (QED) is 0.640. The van der Waals surface area contributed by atoms with Crippen molar-refractivity contribution in [2.75, 3.05) is 45.6 Å². The van der Waals surface area contributed by atoms with E-state index in [9.17, 15) is 13.2 Å². The highest BCUT2D eigenvalue weighted by Crippen LogP contribution is 2.13. The Morgan fingerprint density at radius 1 is 0.968 bits per heavy atom. The molecule has 0 spiro atoms. The summed E-state index contributed by atoms with van der Waals surface area (Å²) in [5.41, 5.74) is 2.89. The van der Waals surface area contributed by atoms with E-state index in [4.69, 9.17) is 4.74 Å². The molecule has 3 rings (SSSR count). The lowest BCUT2D eigenvalue weighted by Gasteiger charge is -2.33. The number of amides is 1. The predicted molar refractivity (Wildman–Crippen MR) is 122 cm³/mol. The summed E-state index contributed by atoms with van der Waals surface area (Å²) in [6.45, 7) is 5.49. The topological polar surface area (TPSA) is 79.0 Å². The second-order valence-corrected chi connectivity index (χ2v) is 9.88. The van der Waals surface area contributed by atoms with Gasteiger partial charge in [-0.1, -0.05) is 24.3 Å². The fraction of sp³-hybridized carbons (Fsp3) is 0.435. The molecule has 1 N–H and O–H groups in total. The van der Waals surface area contributed by atoms with E-state index in [0.717, 1.165) is 29.8 Å². The Hall–Kier alpha value is -2.42. The van der Waals surface area contributed by atoms with Crippen molar-refractivity contribution in [2.24, 2.45) is 0 Å². The molecule has 1 aliphatic heterocycles. The first-order valence-electron chi connectivity index (χ1n) is 10.6. The second kappa shape index (κ2) is 10.7. The first-order chi connectivity index (χ1) is 14.9. The number of rotatable bonds is 9. The number of benzene rings is 2. The van der Waals surface area contributed by atoms with Crippen molar-refractivity contribution in [1.29, 1.82) is 0 Å². The summed E-state index contributed by atoms with van der Waals surface area (Å²) < 4.78 is 30.7. The predicted octanol–water partition coefficient (Wildman–Crippen LogP) is 2.13. The summed E-state index contributed by atoms with van der Waals surface area (Å²) >= 11 is 0. The highest BCUT2D eigenvalue weighted by molar-refractivity contribution is 7.89. The fourth-order valence-corrected chi connectivity index (χ4v) is 4.67. The van der Waals surface area contributed by atoms with Gasteiger partial charge in [-0.3, -0.25) is 9.69 Å². The number of carbonyl (C=O) groups excluding carboxylic acids is 1. The van der Waals surface area contributed by atoms with E-state index in [1.54, 1.807) is 18.3 Å². The van der Waals surface area contributed by atoms with E-state index in [2.05, 4.69) is 10.2 Å². The zero-order chi connectivity index (χ0) is 22.3. The SMILES string of the molecule is CCS(=O)(=O)N1CCN(Cc2ccc(C(=O)NCCc3ccc(OC)cc3)cc2)CC1. The van der Waals surface area contributed by atoms with Gasteiger partial charge < -0.3 is 10.1 Å². The summed E-state index contributed by atoms with van der Waals surface area (Å²) in [7, 11) is -1.47. The van der Waals surface area contributed by atoms with Crippen molar-refractivity contribution < 1.29 is 17.9 Å². The van der Waals surface area contributed by atoms with E-state index >= 15 is 0 Å². The summed E-state index contributed by atoms with van der Waals surface area (Å²) in [5, 5.41) is 2.96. The van der Waals surface area contributed by atoms with Crippen LogP contribution in [0.5, 0.6) is 5.75 Å². The Labute approximate surface area is 185 Å². The van der Waals surface area contributed by atoms with E-state index in [1.165, 1.54) is 0 Å². The molecule has 7 nitrogen and oxygen atoms in total. The standard InChI is InChI=1S/C23H31N3O4S/c1-3-31(28,29)26-16-14-25(15-17-26)18-20-4-8-21(9-5-20)23(27)24-13-12-19-6-10-22(30-2)11-7-19/h4-11H,3,12-18H2,1-2H3,(H,24,27). The molecule has 8 heteroatoms. The molecule has 0 aliphatic carbocycles. The monoisotopic (exact) mass is 445 g/mol. The molecule has 0 saturated carbocycles. The molecule has 1 aliphatic rings. The van der Waals surface area contributed by atoms with Crippen LogP contribution in [-0.2, 0) is 23.0 Å². The van der Waals surface area contributed by atoms with Crippen LogP contribution in [0.1, 0.15) is 28.4 Å². The molecular formula is C23H31N3O4S. The molecule has 0 aromatic heterocycles. The Balaban J connectivity index is 1.43. The lowest BCUT2D eigenvalue weighted by atomic mass is 10.1. The Morgan fingerprint density at radius 2 is 1.58 bits per heavy atom. The lowest BCUT2D eigenvalue weighted by Crippen LogP contribution is -2.48. The number of piperazine rings is 1. The number of ether oxygens (including phenoxy) is 1. The van der Waals surface area contributed by atoms with Crippen molar-refractivity contribution in [2.45, 2.75) is 19.9 Å². The maximum atomic E-state index is 12.4. The Kier molecular flexibility index (Phi) is 8.06. The van der Waals surface area contributed by atoms with Crippen molar-refractivity contribution in [3.8, 4) is 5.75 Å². The third-order valence-electron chi connectivity index (χ3n) is 5.57. The minimum absolute atomic E-state index is 0.0848. The first kappa shape index (κ1) is 23.2. The van der Waals surface area contributed by atoms with Gasteiger partial charge in [-0.2, -0.15) is 4.31 Å². The molecular weight excluding hydrogens is 414 g/mol. The van der Waals surface area contributed by atoms with Gasteiger partial charge in [0.25, 0.3) is 5.91 Å². The van der Waals surface area contributed by atoms with Gasteiger partial charge in [0.2, 0.25) is 10.0 Å². The summed E-state index contributed by atoms with van der Waals surface area (Å²) in [6, 6.07) is 15.4. The highest BCUT2D eigenvalue weighted by Gasteiger charge is 2.25. The molecule has 2 aromatic carbocycles. The van der Waals surface area contributed by atoms with Gasteiger partial charge in [-0.25, -0.2) is 8.42 Å². The zero-order valence-electron chi connectivity index (χ0n) is 18.2. The average molecular weight is 446 g/mol. The normalized spacial score (nSPS) is 15.5. The average Bonchev–Trinajstić information content (AvgIpc) is 2.80. The third kappa shape index (κ3) is 6.53. The van der Waals surface area contributed by atoms with Crippen molar-refractivity contribution >= 4 is 15.9 Å². The maximum absolute atomic E-state index is 12.4. The van der Waals surface area contributed by atoms with Gasteiger partial charge >= 0.3 is 0 Å². The minimum atomic E-state index is -3.10. The first-order valence-corrected chi connectivity index (χ1v) is 12.2. The molecule has 0 unspecified atom stereocenters. The number of hydrogen-bond acceptors (Lipinski definition) is 5. The molecule has 2 aromatic rings. The third-order valence-corrected chi connectivity index (χ3v) is 7.45. The highest BCUT2D eigenvalue weighted by atomic mass is 32.2. The molecule has 31 heavy (non-hydrogen) atoms. The van der Waals surface area contributed by atoms with E-state index < -0.39 is 10.0 Å². The maximum Gasteiger partial charge on any atom is 0.251 e. The van der Waals surface area contributed by atoms with Crippen LogP contribution in [-0.4, -0.2) is 69.1 Å². The van der Waals surface area contributed by atoms with Crippen LogP contribution in [0.4, 0.5) is 0 Å². The van der Waals surface area contributed by atoms with Gasteiger partial charge in [0.05, 0.1) is 12.9 Å². The van der Waals surface area contributed by atoms with Gasteiger partial charge in [0.1, 0.15) is 5.75 Å². The molecule has 0 radical (unpaired) electrons. The lowest BCUT2D eigenvalue weighted by molar-refractivity contribution is 0.0954. The van der Waals surface area contributed by atoms with Gasteiger partial charge in [-0.15, -0.1) is 0 Å². The van der Waals surface area contributed by atoms with Crippen molar-refractivity contribution in [1.82, 2.24) is 14.5 Å². The number of hydrogen-bond donors (Lipinski definition) is 1. The number of methoxy groups -OCH3 is 1. The van der Waals surface area contributed by atoms with E-state index in [-0.39, 0.29) is 11.7 Å². The second-order valence-electron chi connectivity index (χ2n) is 7.63. The fourth-order valence-electron chi connectivity index (χ4n) is 3.58. The van der Waals surface area contributed by atoms with Gasteiger partial charge in [0, 0.05) is 44.8 Å². The molecule has 0 atom stereocenters. The Morgan fingerprint density at radius 3 is 2.16 bits per heavy atom. The van der Waals surface area contributed by atoms with Crippen LogP contribution < -0.4 is 10.1 Å². The molecule has 1 fully saturated rings. The van der Waals surface area contributed by atoms with Crippen molar-refractivity contribution in [3.63, 3.8) is 0 Å².